The highest BCUT2D eigenvalue weighted by Gasteiger charge is 2.70. The van der Waals surface area contributed by atoms with E-state index in [2.05, 4.69) is 10.4 Å². The van der Waals surface area contributed by atoms with Crippen molar-refractivity contribution in [2.24, 2.45) is 23.7 Å². The summed E-state index contributed by atoms with van der Waals surface area (Å²) in [6, 6.07) is 28.5. The van der Waals surface area contributed by atoms with Crippen molar-refractivity contribution in [2.45, 2.75) is 37.3 Å². The number of nitrogens with zero attached hydrogens (tertiary/aromatic N) is 4. The second kappa shape index (κ2) is 13.4. The molecule has 14 heteroatoms. The number of amides is 4. The lowest BCUT2D eigenvalue weighted by molar-refractivity contribution is -0.142. The monoisotopic (exact) mass is 805 g/mol. The molecule has 2 saturated heterocycles. The van der Waals surface area contributed by atoms with Gasteiger partial charge in [0.05, 0.1) is 33.9 Å². The number of carbonyl (C=O) groups excluding carboxylic acids is 4. The average Bonchev–Trinajstić information content (AvgIpc) is 3.59. The Morgan fingerprint density at radius 2 is 1.53 bits per heavy atom. The van der Waals surface area contributed by atoms with E-state index in [4.69, 9.17) is 11.6 Å². The smallest absolute Gasteiger partial charge is 0.433 e. The van der Waals surface area contributed by atoms with Crippen LogP contribution in [0.1, 0.15) is 41.1 Å². The fourth-order valence-corrected chi connectivity index (χ4v) is 10.1. The highest BCUT2D eigenvalue weighted by molar-refractivity contribution is 6.33. The summed E-state index contributed by atoms with van der Waals surface area (Å²) in [4.78, 5) is 63.3. The van der Waals surface area contributed by atoms with Crippen LogP contribution in [-0.4, -0.2) is 50.8 Å². The number of anilines is 2. The number of hydrogen-bond donors (Lipinski definition) is 2. The van der Waals surface area contributed by atoms with E-state index in [0.717, 1.165) is 26.7 Å². The minimum atomic E-state index is -4.82. The Kier molecular flexibility index (Phi) is 8.66. The maximum Gasteiger partial charge on any atom is 0.433 e. The van der Waals surface area contributed by atoms with Gasteiger partial charge in [0.1, 0.15) is 11.4 Å². The Balaban J connectivity index is 1.22. The Hall–Kier alpha value is -6.21. The Morgan fingerprint density at radius 3 is 2.24 bits per heavy atom. The molecule has 58 heavy (non-hydrogen) atoms. The molecule has 2 aliphatic heterocycles. The van der Waals surface area contributed by atoms with E-state index in [1.165, 1.54) is 7.05 Å². The van der Waals surface area contributed by atoms with Crippen molar-refractivity contribution in [3.63, 3.8) is 0 Å². The third-order valence-corrected chi connectivity index (χ3v) is 12.6. The number of hydrogen-bond acceptors (Lipinski definition) is 8. The molecule has 5 aromatic rings. The summed E-state index contributed by atoms with van der Waals surface area (Å²) in [7, 11) is 1.26. The Bertz CT molecular complexity index is 2580. The number of imide groups is 2. The first-order valence-corrected chi connectivity index (χ1v) is 19.1. The predicted molar refractivity (Wildman–Crippen MR) is 209 cm³/mol. The minimum absolute atomic E-state index is 0.00417. The van der Waals surface area contributed by atoms with Crippen LogP contribution in [0, 0.1) is 30.6 Å². The first kappa shape index (κ1) is 37.4. The summed E-state index contributed by atoms with van der Waals surface area (Å²) in [6.07, 6.45) is -2.86. The number of nitrogens with one attached hydrogen (secondary N) is 1. The van der Waals surface area contributed by atoms with Crippen LogP contribution in [0.5, 0.6) is 5.75 Å². The molecular weight excluding hydrogens is 771 g/mol. The van der Waals surface area contributed by atoms with Gasteiger partial charge < -0.3 is 5.11 Å². The second-order valence-corrected chi connectivity index (χ2v) is 15.7. The molecule has 0 bridgehead atoms. The number of phenolic OH excluding ortho intramolecular Hbond substituents is 1. The standard InChI is InChI=1S/C44H35ClF3N5O5/c1-23-12-14-25(15-13-23)50-52-40(56)32-22-31-29(16-17-30-36(31)41(57)53(39(30)55)51(2)38-33(45)19-21-35(49-38)44(46,47)48)37(43(32,42(52)58)24-8-4-3-5-9-24)28-18-20-34(54)27-11-7-6-10-26(27)28/h3-16,18-21,30-32,36-37,50,54H,17,22H2,1-2H3/t30-,31+,32-,36-,37-,43+/m0/s1. The SMILES string of the molecule is Cc1ccc(NN2C(=O)[C@@H]3C[C@@H]4C(=CC[C@@H]5C(=O)N(N(C)c6nc(C(F)(F)F)ccc6Cl)C(=O)[C@@H]54)[C@H](c4ccc(O)c5ccccc45)[C@]3(c3ccccc3)C2=O)cc1. The molecule has 2 aliphatic carbocycles. The quantitative estimate of drug-likeness (QED) is 0.131. The van der Waals surface area contributed by atoms with Crippen LogP contribution in [0.15, 0.2) is 115 Å². The van der Waals surface area contributed by atoms with Gasteiger partial charge in [-0.3, -0.25) is 29.6 Å². The summed E-state index contributed by atoms with van der Waals surface area (Å²) < 4.78 is 41.3. The first-order valence-electron chi connectivity index (χ1n) is 18.8. The van der Waals surface area contributed by atoms with E-state index in [0.29, 0.717) is 39.2 Å². The van der Waals surface area contributed by atoms with Crippen molar-refractivity contribution < 1.29 is 37.5 Å². The molecule has 4 aromatic carbocycles. The van der Waals surface area contributed by atoms with E-state index in [9.17, 15) is 27.9 Å². The topological polar surface area (TPSA) is 123 Å². The van der Waals surface area contributed by atoms with Gasteiger partial charge in [0, 0.05) is 18.4 Å². The number of aromatic nitrogens is 1. The molecule has 2 N–H and O–H groups in total. The zero-order valence-electron chi connectivity index (χ0n) is 31.1. The molecule has 0 spiro atoms. The molecule has 1 aromatic heterocycles. The fraction of sp³-hybridized carbons (Fsp3) is 0.250. The average molecular weight is 806 g/mol. The maximum absolute atomic E-state index is 15.5. The van der Waals surface area contributed by atoms with Gasteiger partial charge in [-0.1, -0.05) is 102 Å². The molecule has 3 fully saturated rings. The molecule has 1 saturated carbocycles. The van der Waals surface area contributed by atoms with E-state index < -0.39 is 76.3 Å². The molecule has 4 amide bonds. The largest absolute Gasteiger partial charge is 0.507 e. The number of benzene rings is 4. The van der Waals surface area contributed by atoms with Crippen molar-refractivity contribution in [3.05, 3.63) is 142 Å². The number of aryl methyl sites for hydroxylation is 1. The van der Waals surface area contributed by atoms with E-state index >= 15 is 9.59 Å². The van der Waals surface area contributed by atoms with Crippen LogP contribution in [0.2, 0.25) is 5.02 Å². The Labute approximate surface area is 335 Å². The molecule has 3 heterocycles. The van der Waals surface area contributed by atoms with Crippen molar-refractivity contribution in [1.29, 1.82) is 0 Å². The molecule has 10 nitrogen and oxygen atoms in total. The number of alkyl halides is 3. The van der Waals surface area contributed by atoms with Gasteiger partial charge in [0.2, 0.25) is 0 Å². The lowest BCUT2D eigenvalue weighted by Crippen LogP contribution is -2.53. The van der Waals surface area contributed by atoms with Gasteiger partial charge in [0.25, 0.3) is 23.6 Å². The Morgan fingerprint density at radius 1 is 0.845 bits per heavy atom. The summed E-state index contributed by atoms with van der Waals surface area (Å²) in [5, 5.41) is 14.8. The fourth-order valence-electron chi connectivity index (χ4n) is 9.84. The predicted octanol–water partition coefficient (Wildman–Crippen LogP) is 7.96. The van der Waals surface area contributed by atoms with Crippen LogP contribution in [0.4, 0.5) is 24.7 Å². The van der Waals surface area contributed by atoms with Crippen LogP contribution < -0.4 is 10.4 Å². The van der Waals surface area contributed by atoms with Crippen LogP contribution in [0.25, 0.3) is 10.8 Å². The number of carbonyl (C=O) groups is 4. The zero-order chi connectivity index (χ0) is 40.8. The number of halogens is 4. The summed E-state index contributed by atoms with van der Waals surface area (Å²) in [6.45, 7) is 1.92. The number of aromatic hydroxyl groups is 1. The van der Waals surface area contributed by atoms with Gasteiger partial charge >= 0.3 is 6.18 Å². The number of pyridine rings is 1. The van der Waals surface area contributed by atoms with Gasteiger partial charge in [-0.05, 0) is 72.5 Å². The molecule has 6 atom stereocenters. The van der Waals surface area contributed by atoms with Crippen molar-refractivity contribution >= 4 is 57.5 Å². The number of allylic oxidation sites excluding steroid dienone is 2. The van der Waals surface area contributed by atoms with Gasteiger partial charge in [-0.15, -0.1) is 0 Å². The molecule has 9 rings (SSSR count). The number of rotatable bonds is 6. The highest BCUT2D eigenvalue weighted by Crippen LogP contribution is 2.65. The third kappa shape index (κ3) is 5.43. The van der Waals surface area contributed by atoms with Gasteiger partial charge in [-0.2, -0.15) is 23.2 Å². The van der Waals surface area contributed by atoms with E-state index in [1.54, 1.807) is 48.5 Å². The third-order valence-electron chi connectivity index (χ3n) is 12.3. The van der Waals surface area contributed by atoms with E-state index in [-0.39, 0.29) is 23.6 Å². The van der Waals surface area contributed by atoms with Crippen LogP contribution in [0.3, 0.4) is 0 Å². The van der Waals surface area contributed by atoms with Gasteiger partial charge in [-0.25, -0.2) is 4.98 Å². The molecule has 4 aliphatic rings. The normalized spacial score (nSPS) is 25.4. The second-order valence-electron chi connectivity index (χ2n) is 15.3. The van der Waals surface area contributed by atoms with Crippen LogP contribution in [-0.2, 0) is 30.8 Å². The molecule has 0 unspecified atom stereocenters. The molecule has 294 valence electrons. The van der Waals surface area contributed by atoms with E-state index in [1.807, 2.05) is 55.5 Å². The lowest BCUT2D eigenvalue weighted by atomic mass is 9.49. The van der Waals surface area contributed by atoms with Crippen molar-refractivity contribution in [3.8, 4) is 5.75 Å². The van der Waals surface area contributed by atoms with Crippen LogP contribution >= 0.6 is 11.6 Å². The summed E-state index contributed by atoms with van der Waals surface area (Å²) in [5.74, 6) is -7.41. The number of phenols is 1. The maximum atomic E-state index is 15.5. The summed E-state index contributed by atoms with van der Waals surface area (Å²) in [5.41, 5.74) is 3.66. The van der Waals surface area contributed by atoms with Crippen molar-refractivity contribution in [1.82, 2.24) is 15.0 Å². The molecule has 0 radical (unpaired) electrons. The lowest BCUT2D eigenvalue weighted by Gasteiger charge is -2.51. The highest BCUT2D eigenvalue weighted by atomic mass is 35.5. The summed E-state index contributed by atoms with van der Waals surface area (Å²) >= 11 is 6.34. The minimum Gasteiger partial charge on any atom is -0.507 e. The molecular formula is C44H35ClF3N5O5. The zero-order valence-corrected chi connectivity index (χ0v) is 31.8. The van der Waals surface area contributed by atoms with Crippen molar-refractivity contribution in [2.75, 3.05) is 17.5 Å². The number of hydrazine groups is 2. The first-order chi connectivity index (χ1) is 27.7. The number of fused-ring (bicyclic) bond motifs is 5. The van der Waals surface area contributed by atoms with Gasteiger partial charge in [0.15, 0.2) is 5.82 Å².